The zero-order valence-electron chi connectivity index (χ0n) is 10.1. The maximum absolute atomic E-state index is 13.6. The minimum absolute atomic E-state index is 0.0595. The minimum atomic E-state index is -0.402. The number of nitrogens with one attached hydrogen (secondary N) is 1. The van der Waals surface area contributed by atoms with Crippen molar-refractivity contribution in [3.63, 3.8) is 0 Å². The molecular formula is C14H15FN2O. The third-order valence-electron chi connectivity index (χ3n) is 2.79. The number of pyridine rings is 1. The standard InChI is InChI=1S/C14H15FN2O/c1-10(13-5-4-12(18)7-14(13)15)17-9-11-3-2-6-16-8-11/h2-8,10,17-18H,9H2,1H3. The molecule has 94 valence electrons. The molecule has 18 heavy (non-hydrogen) atoms. The lowest BCUT2D eigenvalue weighted by molar-refractivity contribution is 0.463. The van der Waals surface area contributed by atoms with Gasteiger partial charge in [-0.1, -0.05) is 12.1 Å². The maximum Gasteiger partial charge on any atom is 0.131 e. The molecule has 0 bridgehead atoms. The second kappa shape index (κ2) is 5.60. The number of hydrogen-bond donors (Lipinski definition) is 2. The zero-order valence-corrected chi connectivity index (χ0v) is 10.1. The predicted molar refractivity (Wildman–Crippen MR) is 67.6 cm³/mol. The summed E-state index contributed by atoms with van der Waals surface area (Å²) in [6.07, 6.45) is 3.49. The molecule has 0 radical (unpaired) electrons. The molecule has 1 aromatic carbocycles. The molecule has 0 saturated heterocycles. The van der Waals surface area contributed by atoms with Crippen molar-refractivity contribution in [3.05, 3.63) is 59.7 Å². The van der Waals surface area contributed by atoms with E-state index in [1.165, 1.54) is 6.07 Å². The van der Waals surface area contributed by atoms with Crippen LogP contribution in [0.1, 0.15) is 24.1 Å². The van der Waals surface area contributed by atoms with Gasteiger partial charge in [0.15, 0.2) is 0 Å². The van der Waals surface area contributed by atoms with Crippen molar-refractivity contribution in [2.24, 2.45) is 0 Å². The van der Waals surface area contributed by atoms with Crippen LogP contribution in [0.3, 0.4) is 0 Å². The summed E-state index contributed by atoms with van der Waals surface area (Å²) in [6.45, 7) is 2.50. The van der Waals surface area contributed by atoms with Crippen LogP contribution in [0.25, 0.3) is 0 Å². The van der Waals surface area contributed by atoms with Gasteiger partial charge in [0, 0.05) is 36.6 Å². The van der Waals surface area contributed by atoms with E-state index >= 15 is 0 Å². The van der Waals surface area contributed by atoms with Crippen molar-refractivity contribution < 1.29 is 9.50 Å². The van der Waals surface area contributed by atoms with Crippen molar-refractivity contribution in [2.45, 2.75) is 19.5 Å². The number of aromatic nitrogens is 1. The van der Waals surface area contributed by atoms with E-state index in [0.717, 1.165) is 11.6 Å². The van der Waals surface area contributed by atoms with Crippen LogP contribution >= 0.6 is 0 Å². The fourth-order valence-electron chi connectivity index (χ4n) is 1.75. The van der Waals surface area contributed by atoms with Gasteiger partial charge in [0.05, 0.1) is 0 Å². The molecule has 0 aliphatic carbocycles. The van der Waals surface area contributed by atoms with E-state index in [2.05, 4.69) is 10.3 Å². The maximum atomic E-state index is 13.6. The first-order valence-electron chi connectivity index (χ1n) is 5.77. The molecule has 1 heterocycles. The zero-order chi connectivity index (χ0) is 13.0. The molecule has 1 unspecified atom stereocenters. The van der Waals surface area contributed by atoms with Crippen LogP contribution in [0.2, 0.25) is 0 Å². The number of phenols is 1. The second-order valence-electron chi connectivity index (χ2n) is 4.17. The number of rotatable bonds is 4. The van der Waals surface area contributed by atoms with Crippen LogP contribution in [0, 0.1) is 5.82 Å². The lowest BCUT2D eigenvalue weighted by Gasteiger charge is -2.15. The van der Waals surface area contributed by atoms with E-state index in [1.54, 1.807) is 18.5 Å². The van der Waals surface area contributed by atoms with Crippen LogP contribution < -0.4 is 5.32 Å². The van der Waals surface area contributed by atoms with Gasteiger partial charge in [-0.05, 0) is 24.6 Å². The van der Waals surface area contributed by atoms with Crippen LogP contribution in [-0.2, 0) is 6.54 Å². The van der Waals surface area contributed by atoms with E-state index in [4.69, 9.17) is 5.11 Å². The quantitative estimate of drug-likeness (QED) is 0.872. The Bertz CT molecular complexity index is 516. The lowest BCUT2D eigenvalue weighted by Crippen LogP contribution is -2.19. The van der Waals surface area contributed by atoms with Gasteiger partial charge in [-0.3, -0.25) is 4.98 Å². The van der Waals surface area contributed by atoms with Crippen LogP contribution in [-0.4, -0.2) is 10.1 Å². The minimum Gasteiger partial charge on any atom is -0.508 e. The first kappa shape index (κ1) is 12.5. The Morgan fingerprint density at radius 2 is 2.22 bits per heavy atom. The summed E-state index contributed by atoms with van der Waals surface area (Å²) in [5.74, 6) is -0.461. The monoisotopic (exact) mass is 246 g/mol. The Morgan fingerprint density at radius 1 is 1.39 bits per heavy atom. The Hall–Kier alpha value is -1.94. The summed E-state index contributed by atoms with van der Waals surface area (Å²) < 4.78 is 13.6. The number of halogens is 1. The van der Waals surface area contributed by atoms with Gasteiger partial charge >= 0.3 is 0 Å². The van der Waals surface area contributed by atoms with Crippen LogP contribution in [0.15, 0.2) is 42.7 Å². The third-order valence-corrected chi connectivity index (χ3v) is 2.79. The molecule has 4 heteroatoms. The fraction of sp³-hybridized carbons (Fsp3) is 0.214. The summed E-state index contributed by atoms with van der Waals surface area (Å²) >= 11 is 0. The molecule has 0 spiro atoms. The molecular weight excluding hydrogens is 231 g/mol. The Kier molecular flexibility index (Phi) is 3.89. The summed E-state index contributed by atoms with van der Waals surface area (Å²) in [5, 5.41) is 12.4. The summed E-state index contributed by atoms with van der Waals surface area (Å²) in [4.78, 5) is 4.02. The van der Waals surface area contributed by atoms with Gasteiger partial charge in [-0.25, -0.2) is 4.39 Å². The summed E-state index contributed by atoms with van der Waals surface area (Å²) in [5.41, 5.74) is 1.58. The molecule has 2 aromatic rings. The van der Waals surface area contributed by atoms with Crippen molar-refractivity contribution in [1.82, 2.24) is 10.3 Å². The molecule has 2 rings (SSSR count). The smallest absolute Gasteiger partial charge is 0.131 e. The lowest BCUT2D eigenvalue weighted by atomic mass is 10.1. The first-order valence-corrected chi connectivity index (χ1v) is 5.77. The summed E-state index contributed by atoms with van der Waals surface area (Å²) in [6, 6.07) is 7.89. The molecule has 0 aliphatic heterocycles. The highest BCUT2D eigenvalue weighted by molar-refractivity contribution is 5.29. The molecule has 0 amide bonds. The topological polar surface area (TPSA) is 45.2 Å². The van der Waals surface area contributed by atoms with Gasteiger partial charge in [0.2, 0.25) is 0 Å². The molecule has 0 aliphatic rings. The number of hydrogen-bond acceptors (Lipinski definition) is 3. The van der Waals surface area contributed by atoms with Crippen molar-refractivity contribution in [1.29, 1.82) is 0 Å². The van der Waals surface area contributed by atoms with E-state index < -0.39 is 5.82 Å². The van der Waals surface area contributed by atoms with E-state index in [0.29, 0.717) is 12.1 Å². The highest BCUT2D eigenvalue weighted by Crippen LogP contribution is 2.21. The van der Waals surface area contributed by atoms with Crippen LogP contribution in [0.5, 0.6) is 5.75 Å². The van der Waals surface area contributed by atoms with Crippen LogP contribution in [0.4, 0.5) is 4.39 Å². The number of benzene rings is 1. The number of nitrogens with zero attached hydrogens (tertiary/aromatic N) is 1. The van der Waals surface area contributed by atoms with Crippen molar-refractivity contribution in [2.75, 3.05) is 0 Å². The van der Waals surface area contributed by atoms with Gasteiger partial charge in [-0.15, -0.1) is 0 Å². The van der Waals surface area contributed by atoms with E-state index in [9.17, 15) is 4.39 Å². The van der Waals surface area contributed by atoms with Gasteiger partial charge in [0.25, 0.3) is 0 Å². The Balaban J connectivity index is 2.01. The highest BCUT2D eigenvalue weighted by atomic mass is 19.1. The average molecular weight is 246 g/mol. The molecule has 0 fully saturated rings. The third kappa shape index (κ3) is 3.05. The largest absolute Gasteiger partial charge is 0.508 e. The molecule has 1 atom stereocenters. The predicted octanol–water partition coefficient (Wildman–Crippen LogP) is 2.78. The number of aromatic hydroxyl groups is 1. The van der Waals surface area contributed by atoms with Gasteiger partial charge in [0.1, 0.15) is 11.6 Å². The Labute approximate surface area is 105 Å². The van der Waals surface area contributed by atoms with Crippen molar-refractivity contribution in [3.8, 4) is 5.75 Å². The molecule has 3 nitrogen and oxygen atoms in total. The normalized spacial score (nSPS) is 12.3. The van der Waals surface area contributed by atoms with Gasteiger partial charge in [-0.2, -0.15) is 0 Å². The van der Waals surface area contributed by atoms with Crippen molar-refractivity contribution >= 4 is 0 Å². The SMILES string of the molecule is CC(NCc1cccnc1)c1ccc(O)cc1F. The highest BCUT2D eigenvalue weighted by Gasteiger charge is 2.10. The fourth-order valence-corrected chi connectivity index (χ4v) is 1.75. The van der Waals surface area contributed by atoms with E-state index in [1.807, 2.05) is 19.1 Å². The Morgan fingerprint density at radius 3 is 2.89 bits per heavy atom. The summed E-state index contributed by atoms with van der Waals surface area (Å²) in [7, 11) is 0. The number of phenolic OH excluding ortho intramolecular Hbond substituents is 1. The van der Waals surface area contributed by atoms with Gasteiger partial charge < -0.3 is 10.4 Å². The molecule has 2 N–H and O–H groups in total. The van der Waals surface area contributed by atoms with E-state index in [-0.39, 0.29) is 11.8 Å². The average Bonchev–Trinajstić information content (AvgIpc) is 2.37. The molecule has 1 aromatic heterocycles. The first-order chi connectivity index (χ1) is 8.66. The molecule has 0 saturated carbocycles. The second-order valence-corrected chi connectivity index (χ2v) is 4.17.